The highest BCUT2D eigenvalue weighted by atomic mass is 17.0. The van der Waals surface area contributed by atoms with Crippen LogP contribution in [0.5, 0.6) is 0 Å². The van der Waals surface area contributed by atoms with Gasteiger partial charge in [0.2, 0.25) is 0 Å². The summed E-state index contributed by atoms with van der Waals surface area (Å²) in [5.41, 5.74) is 0. The minimum Gasteiger partial charge on any atom is -0.450 e. The molecule has 0 aliphatic heterocycles. The smallest absolute Gasteiger partial charge is 0.450 e. The van der Waals surface area contributed by atoms with Gasteiger partial charge in [-0.05, 0) is 0 Å². The lowest BCUT2D eigenvalue weighted by molar-refractivity contribution is -0.176. The van der Waals surface area contributed by atoms with Crippen LogP contribution in [0.2, 0.25) is 0 Å². The second-order valence-electron chi connectivity index (χ2n) is 0.283. The Balaban J connectivity index is 0. The van der Waals surface area contributed by atoms with Gasteiger partial charge in [-0.2, -0.15) is 0 Å². The molecule has 0 rings (SSSR count). The van der Waals surface area contributed by atoms with Crippen LogP contribution >= 0.6 is 0 Å². The molecule has 0 saturated carbocycles. The molecule has 0 atom stereocenters. The summed E-state index contributed by atoms with van der Waals surface area (Å²) in [7, 11) is 0. The Kier molecular flexibility index (Phi) is 13.3. The fraction of sp³-hybridized carbons (Fsp3) is 0. The van der Waals surface area contributed by atoms with E-state index in [9.17, 15) is 0 Å². The molecule has 0 amide bonds. The number of hydrogen-bond acceptors (Lipinski definition) is 3. The van der Waals surface area contributed by atoms with E-state index in [4.69, 9.17) is 25.5 Å². The van der Waals surface area contributed by atoms with Crippen LogP contribution in [0.25, 0.3) is 0 Å². The number of carbonyl (C=O) groups is 1. The van der Waals surface area contributed by atoms with Gasteiger partial charge in [-0.15, -0.1) is 0 Å². The first kappa shape index (κ1) is 8.95. The lowest BCUT2D eigenvalue weighted by atomic mass is 11.5. The Labute approximate surface area is 33.0 Å². The SMILES string of the molecule is O=C(O)O.OO. The maximum atomic E-state index is 8.56. The third kappa shape index (κ3) is 23.3. The average Bonchev–Trinajstić information content (AvgIpc) is 1.41. The Morgan fingerprint density at radius 3 is 1.17 bits per heavy atom. The van der Waals surface area contributed by atoms with E-state index >= 15 is 0 Å². The monoisotopic (exact) mass is 96.0 g/mol. The maximum Gasteiger partial charge on any atom is 0.503 e. The van der Waals surface area contributed by atoms with E-state index in [1.807, 2.05) is 0 Å². The van der Waals surface area contributed by atoms with Crippen molar-refractivity contribution < 1.29 is 25.5 Å². The number of hydrogen-bond donors (Lipinski definition) is 4. The largest absolute Gasteiger partial charge is 0.503 e. The highest BCUT2D eigenvalue weighted by Crippen LogP contribution is 1.42. The molecule has 0 aromatic heterocycles. The normalized spacial score (nSPS) is 5.00. The second-order valence-corrected chi connectivity index (χ2v) is 0.283. The first-order valence-electron chi connectivity index (χ1n) is 0.851. The van der Waals surface area contributed by atoms with Crippen LogP contribution in [-0.2, 0) is 0 Å². The molecule has 0 fully saturated rings. The quantitative estimate of drug-likeness (QED) is 0.256. The van der Waals surface area contributed by atoms with Crippen molar-refractivity contribution in [3.63, 3.8) is 0 Å². The summed E-state index contributed by atoms with van der Waals surface area (Å²) in [6, 6.07) is 0. The molecule has 0 radical (unpaired) electrons. The molecule has 0 bridgehead atoms. The van der Waals surface area contributed by atoms with Crippen molar-refractivity contribution in [3.05, 3.63) is 0 Å². The lowest BCUT2D eigenvalue weighted by Crippen LogP contribution is -1.81. The van der Waals surface area contributed by atoms with E-state index in [2.05, 4.69) is 0 Å². The van der Waals surface area contributed by atoms with Crippen molar-refractivity contribution in [1.29, 1.82) is 0 Å². The molecule has 0 aromatic rings. The molecule has 5 nitrogen and oxygen atoms in total. The van der Waals surface area contributed by atoms with Crippen LogP contribution in [0.4, 0.5) is 4.79 Å². The minimum atomic E-state index is -1.83. The molecule has 0 unspecified atom stereocenters. The Hall–Kier alpha value is -0.810. The van der Waals surface area contributed by atoms with E-state index in [0.717, 1.165) is 0 Å². The van der Waals surface area contributed by atoms with E-state index in [0.29, 0.717) is 0 Å². The van der Waals surface area contributed by atoms with Gasteiger partial charge in [0, 0.05) is 0 Å². The van der Waals surface area contributed by atoms with Gasteiger partial charge in [-0.1, -0.05) is 0 Å². The summed E-state index contributed by atoms with van der Waals surface area (Å²) < 4.78 is 0. The van der Waals surface area contributed by atoms with Crippen LogP contribution in [-0.4, -0.2) is 26.9 Å². The molecule has 4 N–H and O–H groups in total. The van der Waals surface area contributed by atoms with Crippen LogP contribution in [0.1, 0.15) is 0 Å². The fourth-order valence-electron chi connectivity index (χ4n) is 0. The fourth-order valence-corrected chi connectivity index (χ4v) is 0. The topological polar surface area (TPSA) is 98.0 Å². The summed E-state index contributed by atoms with van der Waals surface area (Å²) in [5.74, 6) is 0. The molecular formula is CH4O5. The first-order chi connectivity index (χ1) is 2.73. The van der Waals surface area contributed by atoms with E-state index in [-0.39, 0.29) is 0 Å². The highest BCUT2D eigenvalue weighted by molar-refractivity contribution is 5.53. The standard InChI is InChI=1S/CH2O3.H2O2/c2-1(3)4;1-2/h(H2,2,3,4);1-2H. The van der Waals surface area contributed by atoms with Crippen molar-refractivity contribution in [2.24, 2.45) is 0 Å². The Bertz CT molecular complexity index is 26.9. The average molecular weight is 96.0 g/mol. The van der Waals surface area contributed by atoms with Gasteiger partial charge in [0.25, 0.3) is 0 Å². The Morgan fingerprint density at radius 2 is 1.17 bits per heavy atom. The molecule has 6 heavy (non-hydrogen) atoms. The van der Waals surface area contributed by atoms with Crippen molar-refractivity contribution >= 4 is 6.16 Å². The Morgan fingerprint density at radius 1 is 1.17 bits per heavy atom. The highest BCUT2D eigenvalue weighted by Gasteiger charge is 1.70. The van der Waals surface area contributed by atoms with Crippen LogP contribution in [0.3, 0.4) is 0 Å². The molecular weight excluding hydrogens is 92.0 g/mol. The molecule has 0 heterocycles. The lowest BCUT2D eigenvalue weighted by Gasteiger charge is -1.60. The van der Waals surface area contributed by atoms with Crippen molar-refractivity contribution in [3.8, 4) is 0 Å². The van der Waals surface area contributed by atoms with Crippen molar-refractivity contribution in [2.45, 2.75) is 0 Å². The molecule has 38 valence electrons. The molecule has 0 aromatic carbocycles. The van der Waals surface area contributed by atoms with Gasteiger partial charge in [-0.3, -0.25) is 10.5 Å². The summed E-state index contributed by atoms with van der Waals surface area (Å²) >= 11 is 0. The molecule has 0 saturated heterocycles. The summed E-state index contributed by atoms with van der Waals surface area (Å²) in [6.45, 7) is 0. The van der Waals surface area contributed by atoms with Crippen molar-refractivity contribution in [2.75, 3.05) is 0 Å². The summed E-state index contributed by atoms with van der Waals surface area (Å²) in [5, 5.41) is 25.9. The van der Waals surface area contributed by atoms with Gasteiger partial charge < -0.3 is 10.2 Å². The first-order valence-corrected chi connectivity index (χ1v) is 0.851. The van der Waals surface area contributed by atoms with Gasteiger partial charge in [-0.25, -0.2) is 4.79 Å². The number of carboxylic acid groups (broad SMARTS) is 2. The van der Waals surface area contributed by atoms with E-state index in [1.165, 1.54) is 0 Å². The minimum absolute atomic E-state index is 1.83. The van der Waals surface area contributed by atoms with Crippen LogP contribution < -0.4 is 0 Å². The zero-order valence-electron chi connectivity index (χ0n) is 2.70. The van der Waals surface area contributed by atoms with E-state index < -0.39 is 6.16 Å². The molecule has 0 spiro atoms. The van der Waals surface area contributed by atoms with Gasteiger partial charge in [0.15, 0.2) is 0 Å². The van der Waals surface area contributed by atoms with Gasteiger partial charge >= 0.3 is 6.16 Å². The third-order valence-corrected chi connectivity index (χ3v) is 0. The second kappa shape index (κ2) is 8.89. The predicted molar refractivity (Wildman–Crippen MR) is 15.9 cm³/mol. The molecule has 0 aliphatic rings. The number of rotatable bonds is 0. The maximum absolute atomic E-state index is 8.56. The summed E-state index contributed by atoms with van der Waals surface area (Å²) in [6.07, 6.45) is -1.83. The predicted octanol–water partition coefficient (Wildman–Crippen LogP) is 0.240. The van der Waals surface area contributed by atoms with Crippen molar-refractivity contribution in [1.82, 2.24) is 0 Å². The zero-order chi connectivity index (χ0) is 5.58. The summed E-state index contributed by atoms with van der Waals surface area (Å²) in [4.78, 5) is 8.56. The van der Waals surface area contributed by atoms with Crippen LogP contribution in [0, 0.1) is 0 Å². The molecule has 0 aliphatic carbocycles. The van der Waals surface area contributed by atoms with Gasteiger partial charge in [0.05, 0.1) is 0 Å². The van der Waals surface area contributed by atoms with E-state index in [1.54, 1.807) is 0 Å². The third-order valence-electron chi connectivity index (χ3n) is 0. The zero-order valence-corrected chi connectivity index (χ0v) is 2.70. The van der Waals surface area contributed by atoms with Crippen LogP contribution in [0.15, 0.2) is 0 Å². The van der Waals surface area contributed by atoms with Gasteiger partial charge in [0.1, 0.15) is 0 Å². The molecule has 5 heteroatoms.